The summed E-state index contributed by atoms with van der Waals surface area (Å²) in [5, 5.41) is 3.86. The Balaban J connectivity index is 2.76. The van der Waals surface area contributed by atoms with Gasteiger partial charge >= 0.3 is 0 Å². The van der Waals surface area contributed by atoms with Gasteiger partial charge in [-0.3, -0.25) is 0 Å². The monoisotopic (exact) mass is 306 g/mol. The first-order valence-corrected chi connectivity index (χ1v) is 4.78. The molecule has 2 aromatic heterocycles. The van der Waals surface area contributed by atoms with Crippen LogP contribution in [0, 0.1) is 0 Å². The molecule has 0 N–H and O–H groups in total. The van der Waals surface area contributed by atoms with Crippen LogP contribution in [0.5, 0.6) is 0 Å². The first-order chi connectivity index (χ1) is 8.34. The van der Waals surface area contributed by atoms with E-state index in [0.29, 0.717) is 0 Å². The quantitative estimate of drug-likeness (QED) is 0.811. The smallest absolute Gasteiger partial charge is 0.154 e. The molecule has 0 amide bonds. The van der Waals surface area contributed by atoms with Crippen LogP contribution in [0.4, 0.5) is 0 Å². The fraction of sp³-hybridized carbons (Fsp3) is 0. The summed E-state index contributed by atoms with van der Waals surface area (Å²) in [4.78, 5) is 3.76. The highest BCUT2D eigenvalue weighted by atomic mass is 79.9. The molecule has 0 saturated carbocycles. The lowest BCUT2D eigenvalue weighted by Crippen LogP contribution is -1.96. The molecule has 13 heavy (non-hydrogen) atoms. The van der Waals surface area contributed by atoms with Crippen LogP contribution in [0.15, 0.2) is 39.5 Å². The van der Waals surface area contributed by atoms with E-state index in [9.17, 15) is 0 Å². The molecule has 0 aliphatic carbocycles. The highest BCUT2D eigenvalue weighted by Gasteiger charge is 1.99. The molecule has 0 aliphatic heterocycles. The molecule has 0 aliphatic rings. The zero-order chi connectivity index (χ0) is 13.6. The second-order valence-corrected chi connectivity index (χ2v) is 3.59. The van der Waals surface area contributed by atoms with E-state index in [4.69, 9.17) is 6.85 Å². The Bertz CT molecular complexity index is 642. The van der Waals surface area contributed by atoms with Gasteiger partial charge in [0.2, 0.25) is 0 Å². The van der Waals surface area contributed by atoms with Crippen molar-refractivity contribution < 1.29 is 6.85 Å². The van der Waals surface area contributed by atoms with Crippen molar-refractivity contribution in [2.45, 2.75) is 0 Å². The topological polar surface area (TPSA) is 30.7 Å². The van der Waals surface area contributed by atoms with Gasteiger partial charge in [-0.05, 0) is 34.1 Å². The van der Waals surface area contributed by atoms with Crippen molar-refractivity contribution in [3.63, 3.8) is 0 Å². The average molecular weight is 308 g/mol. The summed E-state index contributed by atoms with van der Waals surface area (Å²) in [5.74, 6) is -0.0629. The second-order valence-electron chi connectivity index (χ2n) is 2.05. The van der Waals surface area contributed by atoms with Gasteiger partial charge in [-0.2, -0.15) is 5.10 Å². The maximum Gasteiger partial charge on any atom is 0.154 e. The van der Waals surface area contributed by atoms with Crippen molar-refractivity contribution in [2.75, 3.05) is 0 Å². The maximum absolute atomic E-state index is 7.81. The van der Waals surface area contributed by atoms with Crippen LogP contribution in [0.25, 0.3) is 5.82 Å². The van der Waals surface area contributed by atoms with E-state index in [1.165, 1.54) is 0 Å². The molecule has 2 rings (SSSR count). The van der Waals surface area contributed by atoms with Gasteiger partial charge in [0.15, 0.2) is 5.82 Å². The molecule has 66 valence electrons. The normalized spacial score (nSPS) is 15.7. The largest absolute Gasteiger partial charge is 0.237 e. The summed E-state index contributed by atoms with van der Waals surface area (Å²) in [6.07, 6.45) is -0.572. The van der Waals surface area contributed by atoms with Crippen molar-refractivity contribution in [3.8, 4) is 5.82 Å². The Hall–Kier alpha value is -0.680. The fourth-order valence-corrected chi connectivity index (χ4v) is 1.24. The number of aromatic nitrogens is 3. The van der Waals surface area contributed by atoms with E-state index < -0.39 is 0 Å². The van der Waals surface area contributed by atoms with Gasteiger partial charge in [0.1, 0.15) is 4.60 Å². The average Bonchev–Trinajstić information content (AvgIpc) is 2.59. The summed E-state index contributed by atoms with van der Waals surface area (Å²) < 4.78 is 39.3. The summed E-state index contributed by atoms with van der Waals surface area (Å²) in [6, 6.07) is -0.485. The molecule has 2 heterocycles. The third-order valence-corrected chi connectivity index (χ3v) is 1.96. The number of nitrogens with zero attached hydrogens (tertiary/aromatic N) is 3. The molecule has 2 aromatic rings. The minimum absolute atomic E-state index is 0.0629. The Labute approximate surface area is 99.1 Å². The van der Waals surface area contributed by atoms with E-state index >= 15 is 0 Å². The molecule has 5 heteroatoms. The van der Waals surface area contributed by atoms with Crippen LogP contribution in [0.3, 0.4) is 0 Å². The third kappa shape index (κ3) is 1.97. The molecule has 0 radical (unpaired) electrons. The lowest BCUT2D eigenvalue weighted by atomic mass is 10.5. The van der Waals surface area contributed by atoms with Gasteiger partial charge < -0.3 is 0 Å². The van der Waals surface area contributed by atoms with Gasteiger partial charge in [-0.1, -0.05) is 15.9 Å². The van der Waals surface area contributed by atoms with Crippen LogP contribution < -0.4 is 0 Å². The highest BCUT2D eigenvalue weighted by Crippen LogP contribution is 2.13. The Morgan fingerprint density at radius 2 is 2.23 bits per heavy atom. The van der Waals surface area contributed by atoms with Gasteiger partial charge in [0, 0.05) is 16.8 Å². The van der Waals surface area contributed by atoms with Crippen LogP contribution in [0.1, 0.15) is 6.85 Å². The first-order valence-electron chi connectivity index (χ1n) is 5.70. The van der Waals surface area contributed by atoms with Crippen molar-refractivity contribution in [1.29, 1.82) is 0 Å². The Morgan fingerprint density at radius 3 is 2.92 bits per heavy atom. The minimum atomic E-state index is -0.328. The van der Waals surface area contributed by atoms with Gasteiger partial charge in [-0.15, -0.1) is 0 Å². The predicted molar refractivity (Wildman–Crippen MR) is 56.8 cm³/mol. The Kier molecular flexibility index (Phi) is 1.30. The van der Waals surface area contributed by atoms with Crippen molar-refractivity contribution in [3.05, 3.63) is 39.5 Å². The highest BCUT2D eigenvalue weighted by molar-refractivity contribution is 9.10. The van der Waals surface area contributed by atoms with E-state index in [2.05, 4.69) is 41.9 Å². The van der Waals surface area contributed by atoms with Crippen molar-refractivity contribution >= 4 is 31.9 Å². The lowest BCUT2D eigenvalue weighted by molar-refractivity contribution is 0.837. The molecule has 0 bridgehead atoms. The van der Waals surface area contributed by atoms with Crippen molar-refractivity contribution in [2.24, 2.45) is 0 Å². The minimum Gasteiger partial charge on any atom is -0.237 e. The molecular formula is C8H5Br2N3. The van der Waals surface area contributed by atoms with E-state index in [1.54, 1.807) is 0 Å². The zero-order valence-electron chi connectivity index (χ0n) is 11.1. The molecule has 0 aromatic carbocycles. The number of hydrogen-bond acceptors (Lipinski definition) is 2. The molecule has 0 fully saturated rings. The zero-order valence-corrected chi connectivity index (χ0v) is 9.27. The van der Waals surface area contributed by atoms with E-state index in [0.717, 1.165) is 4.68 Å². The van der Waals surface area contributed by atoms with Crippen LogP contribution in [-0.4, -0.2) is 14.8 Å². The SMILES string of the molecule is [2H]c1nc(-n2nc(Br)c([2H])c2[2H])c([2H])c(Br)c1[2H]. The lowest BCUT2D eigenvalue weighted by Gasteiger charge is -1.98. The standard InChI is InChI=1S/C8H5Br2N3/c9-6-1-3-11-8(5-6)13-4-2-7(10)12-13/h1-5H/i1D,2D,3D,4D,5D. The molecule has 0 spiro atoms. The molecule has 0 atom stereocenters. The van der Waals surface area contributed by atoms with Gasteiger partial charge in [0.25, 0.3) is 0 Å². The third-order valence-electron chi connectivity index (χ3n) is 1.20. The van der Waals surface area contributed by atoms with E-state index in [-0.39, 0.29) is 45.4 Å². The van der Waals surface area contributed by atoms with E-state index in [1.807, 2.05) is 0 Å². The van der Waals surface area contributed by atoms with Crippen LogP contribution in [0.2, 0.25) is 0 Å². The van der Waals surface area contributed by atoms with Crippen LogP contribution in [-0.2, 0) is 0 Å². The molecule has 0 unspecified atom stereocenters. The number of hydrogen-bond donors (Lipinski definition) is 0. The second kappa shape index (κ2) is 3.59. The molecule has 3 nitrogen and oxygen atoms in total. The predicted octanol–water partition coefficient (Wildman–Crippen LogP) is 2.79. The van der Waals surface area contributed by atoms with Gasteiger partial charge in [-0.25, -0.2) is 9.67 Å². The van der Waals surface area contributed by atoms with Crippen molar-refractivity contribution in [1.82, 2.24) is 14.8 Å². The number of pyridine rings is 1. The summed E-state index contributed by atoms with van der Waals surface area (Å²) in [5.41, 5.74) is 0. The number of halogens is 2. The summed E-state index contributed by atoms with van der Waals surface area (Å²) in [6.45, 7) is 0. The number of rotatable bonds is 1. The summed E-state index contributed by atoms with van der Waals surface area (Å²) in [7, 11) is 0. The molecule has 0 saturated heterocycles. The summed E-state index contributed by atoms with van der Waals surface area (Å²) >= 11 is 6.05. The van der Waals surface area contributed by atoms with Crippen LogP contribution >= 0.6 is 31.9 Å². The first kappa shape index (κ1) is 4.70. The fourth-order valence-electron chi connectivity index (χ4n) is 0.725. The Morgan fingerprint density at radius 1 is 1.38 bits per heavy atom. The maximum atomic E-state index is 7.81. The molecular weight excluding hydrogens is 298 g/mol. The van der Waals surface area contributed by atoms with Gasteiger partial charge in [0.05, 0.1) is 6.85 Å².